The molecule has 0 atom stereocenters. The first-order chi connectivity index (χ1) is 10.5. The first-order valence-electron chi connectivity index (χ1n) is 6.51. The lowest BCUT2D eigenvalue weighted by Gasteiger charge is -2.11. The second-order valence-electron chi connectivity index (χ2n) is 5.02. The van der Waals surface area contributed by atoms with Crippen LogP contribution in [0.1, 0.15) is 16.7 Å². The molecule has 0 bridgehead atoms. The van der Waals surface area contributed by atoms with Crippen molar-refractivity contribution in [3.63, 3.8) is 0 Å². The van der Waals surface area contributed by atoms with Crippen LogP contribution in [0.5, 0.6) is 5.75 Å². The van der Waals surface area contributed by atoms with E-state index in [4.69, 9.17) is 5.14 Å². The Hall–Kier alpha value is -2.06. The third-order valence-electron chi connectivity index (χ3n) is 3.07. The van der Waals surface area contributed by atoms with Crippen molar-refractivity contribution in [1.29, 1.82) is 0 Å². The predicted octanol–water partition coefficient (Wildman–Crippen LogP) is 3.13. The molecule has 0 unspecified atom stereocenters. The Morgan fingerprint density at radius 3 is 2.22 bits per heavy atom. The van der Waals surface area contributed by atoms with Crippen LogP contribution in [0.15, 0.2) is 47.4 Å². The summed E-state index contributed by atoms with van der Waals surface area (Å²) in [5, 5.41) is 5.18. The number of halogens is 3. The van der Waals surface area contributed by atoms with Gasteiger partial charge in [0.2, 0.25) is 10.0 Å². The summed E-state index contributed by atoms with van der Waals surface area (Å²) < 4.78 is 63.3. The number of alkyl halides is 3. The Balaban J connectivity index is 2.28. The molecule has 0 heterocycles. The predicted molar refractivity (Wildman–Crippen MR) is 78.5 cm³/mol. The largest absolute Gasteiger partial charge is 0.573 e. The van der Waals surface area contributed by atoms with E-state index in [0.29, 0.717) is 11.1 Å². The van der Waals surface area contributed by atoms with Crippen molar-refractivity contribution in [2.45, 2.75) is 24.6 Å². The van der Waals surface area contributed by atoms with E-state index in [0.717, 1.165) is 5.56 Å². The van der Waals surface area contributed by atoms with Crippen LogP contribution in [0.2, 0.25) is 0 Å². The minimum atomic E-state index is -4.75. The summed E-state index contributed by atoms with van der Waals surface area (Å²) in [6.07, 6.45) is -4.53. The fourth-order valence-corrected chi connectivity index (χ4v) is 2.91. The molecule has 2 N–H and O–H groups in total. The van der Waals surface area contributed by atoms with Gasteiger partial charge in [0.1, 0.15) is 5.75 Å². The van der Waals surface area contributed by atoms with Gasteiger partial charge in [0.05, 0.1) is 4.90 Å². The normalized spacial score (nSPS) is 12.2. The maximum Gasteiger partial charge on any atom is 0.573 e. The Kier molecular flexibility index (Phi) is 4.67. The first-order valence-corrected chi connectivity index (χ1v) is 8.06. The molecular weight excluding hydrogens is 331 g/mol. The molecule has 4 nitrogen and oxygen atoms in total. The van der Waals surface area contributed by atoms with E-state index >= 15 is 0 Å². The van der Waals surface area contributed by atoms with Crippen molar-refractivity contribution in [3.8, 4) is 5.75 Å². The topological polar surface area (TPSA) is 69.4 Å². The Morgan fingerprint density at radius 2 is 1.70 bits per heavy atom. The Morgan fingerprint density at radius 1 is 1.09 bits per heavy atom. The van der Waals surface area contributed by atoms with Crippen molar-refractivity contribution in [2.24, 2.45) is 5.14 Å². The van der Waals surface area contributed by atoms with Gasteiger partial charge in [-0.25, -0.2) is 13.6 Å². The number of ether oxygens (including phenoxy) is 1. The number of sulfonamides is 1. The highest BCUT2D eigenvalue weighted by Crippen LogP contribution is 2.25. The summed E-state index contributed by atoms with van der Waals surface area (Å²) in [7, 11) is -3.88. The summed E-state index contributed by atoms with van der Waals surface area (Å²) in [5.41, 5.74) is 1.97. The Bertz CT molecular complexity index is 800. The van der Waals surface area contributed by atoms with Crippen LogP contribution in [-0.2, 0) is 16.4 Å². The lowest BCUT2D eigenvalue weighted by Crippen LogP contribution is -2.17. The molecule has 0 saturated carbocycles. The van der Waals surface area contributed by atoms with Gasteiger partial charge in [-0.3, -0.25) is 0 Å². The number of benzene rings is 2. The van der Waals surface area contributed by atoms with Crippen LogP contribution in [0.25, 0.3) is 0 Å². The van der Waals surface area contributed by atoms with Crippen LogP contribution in [0.3, 0.4) is 0 Å². The molecule has 0 fully saturated rings. The minimum absolute atomic E-state index is 0.00119. The minimum Gasteiger partial charge on any atom is -0.406 e. The molecule has 0 spiro atoms. The van der Waals surface area contributed by atoms with Crippen molar-refractivity contribution in [3.05, 3.63) is 59.2 Å². The summed E-state index contributed by atoms with van der Waals surface area (Å²) >= 11 is 0. The van der Waals surface area contributed by atoms with Crippen LogP contribution < -0.4 is 9.88 Å². The maximum atomic E-state index is 12.1. The van der Waals surface area contributed by atoms with Gasteiger partial charge in [0, 0.05) is 0 Å². The van der Waals surface area contributed by atoms with E-state index in [1.54, 1.807) is 19.1 Å². The third kappa shape index (κ3) is 4.97. The molecule has 23 heavy (non-hydrogen) atoms. The highest BCUT2D eigenvalue weighted by Gasteiger charge is 2.30. The monoisotopic (exact) mass is 345 g/mol. The number of rotatable bonds is 4. The molecule has 2 aromatic rings. The van der Waals surface area contributed by atoms with E-state index in [2.05, 4.69) is 4.74 Å². The van der Waals surface area contributed by atoms with E-state index < -0.39 is 16.4 Å². The molecule has 0 aromatic heterocycles. The van der Waals surface area contributed by atoms with Gasteiger partial charge in [-0.1, -0.05) is 29.8 Å². The summed E-state index contributed by atoms with van der Waals surface area (Å²) in [4.78, 5) is -0.00119. The zero-order valence-electron chi connectivity index (χ0n) is 12.1. The van der Waals surface area contributed by atoms with Gasteiger partial charge in [-0.05, 0) is 42.7 Å². The van der Waals surface area contributed by atoms with Gasteiger partial charge < -0.3 is 4.74 Å². The summed E-state index contributed by atoms with van der Waals surface area (Å²) in [6, 6.07) is 9.96. The molecule has 2 aromatic carbocycles. The summed E-state index contributed by atoms with van der Waals surface area (Å²) in [5.74, 6) is -0.336. The molecule has 2 rings (SSSR count). The number of primary sulfonamides is 1. The van der Waals surface area contributed by atoms with Crippen LogP contribution in [-0.4, -0.2) is 14.8 Å². The number of hydrogen-bond donors (Lipinski definition) is 1. The van der Waals surface area contributed by atoms with Gasteiger partial charge >= 0.3 is 6.36 Å². The van der Waals surface area contributed by atoms with E-state index in [1.165, 1.54) is 30.3 Å². The zero-order chi connectivity index (χ0) is 17.3. The third-order valence-corrected chi connectivity index (χ3v) is 4.09. The highest BCUT2D eigenvalue weighted by molar-refractivity contribution is 7.89. The molecule has 124 valence electrons. The molecule has 8 heteroatoms. The fraction of sp³-hybridized carbons (Fsp3) is 0.200. The van der Waals surface area contributed by atoms with Crippen LogP contribution >= 0.6 is 0 Å². The SMILES string of the molecule is Cc1ccc(S(N)(=O)=O)c(Cc2ccc(OC(F)(F)F)cc2)c1. The van der Waals surface area contributed by atoms with Gasteiger partial charge in [0.25, 0.3) is 0 Å². The van der Waals surface area contributed by atoms with Gasteiger partial charge in [-0.15, -0.1) is 13.2 Å². The number of hydrogen-bond acceptors (Lipinski definition) is 3. The molecule has 0 saturated heterocycles. The zero-order valence-corrected chi connectivity index (χ0v) is 12.9. The maximum absolute atomic E-state index is 12.1. The van der Waals surface area contributed by atoms with E-state index in [1.807, 2.05) is 0 Å². The first kappa shape index (κ1) is 17.3. The van der Waals surface area contributed by atoms with E-state index in [-0.39, 0.29) is 17.1 Å². The molecule has 0 aliphatic carbocycles. The molecule has 0 amide bonds. The number of aryl methyl sites for hydroxylation is 1. The van der Waals surface area contributed by atoms with Crippen molar-refractivity contribution >= 4 is 10.0 Å². The fourth-order valence-electron chi connectivity index (χ4n) is 2.15. The Labute approximate surface area is 131 Å². The smallest absolute Gasteiger partial charge is 0.406 e. The quantitative estimate of drug-likeness (QED) is 0.925. The molecular formula is C15H14F3NO3S. The van der Waals surface area contributed by atoms with Crippen molar-refractivity contribution in [2.75, 3.05) is 0 Å². The van der Waals surface area contributed by atoms with Gasteiger partial charge in [-0.2, -0.15) is 0 Å². The molecule has 0 aliphatic rings. The average molecular weight is 345 g/mol. The molecule has 0 aliphatic heterocycles. The lowest BCUT2D eigenvalue weighted by atomic mass is 10.0. The van der Waals surface area contributed by atoms with Gasteiger partial charge in [0.15, 0.2) is 0 Å². The second-order valence-corrected chi connectivity index (χ2v) is 6.55. The summed E-state index contributed by atoms with van der Waals surface area (Å²) in [6.45, 7) is 1.80. The standard InChI is InChI=1S/C15H14F3NO3S/c1-10-2-7-14(23(19,20)21)12(8-10)9-11-3-5-13(6-4-11)22-15(16,17)18/h2-8H,9H2,1H3,(H2,19,20,21). The molecule has 0 radical (unpaired) electrons. The van der Waals surface area contributed by atoms with Crippen LogP contribution in [0, 0.1) is 6.92 Å². The van der Waals surface area contributed by atoms with Crippen molar-refractivity contribution < 1.29 is 26.3 Å². The number of nitrogens with two attached hydrogens (primary N) is 1. The second kappa shape index (κ2) is 6.21. The highest BCUT2D eigenvalue weighted by atomic mass is 32.2. The van der Waals surface area contributed by atoms with E-state index in [9.17, 15) is 21.6 Å². The average Bonchev–Trinajstić information content (AvgIpc) is 2.38. The lowest BCUT2D eigenvalue weighted by molar-refractivity contribution is -0.274. The van der Waals surface area contributed by atoms with Crippen LogP contribution in [0.4, 0.5) is 13.2 Å². The van der Waals surface area contributed by atoms with Crippen molar-refractivity contribution in [1.82, 2.24) is 0 Å².